The van der Waals surface area contributed by atoms with Gasteiger partial charge in [0.25, 0.3) is 5.91 Å². The van der Waals surface area contributed by atoms with Gasteiger partial charge in [0.05, 0.1) is 12.5 Å². The third-order valence-corrected chi connectivity index (χ3v) is 5.08. The number of hydrogen-bond acceptors (Lipinski definition) is 4. The Morgan fingerprint density at radius 3 is 2.43 bits per heavy atom. The molecule has 0 bridgehead atoms. The molecule has 1 aliphatic rings. The lowest BCUT2D eigenvalue weighted by molar-refractivity contribution is -0.146. The smallest absolute Gasteiger partial charge is 0.306 e. The van der Waals surface area contributed by atoms with Crippen LogP contribution in [0.1, 0.15) is 24.4 Å². The van der Waals surface area contributed by atoms with E-state index in [1.807, 2.05) is 30.3 Å². The fourth-order valence-electron chi connectivity index (χ4n) is 3.44. The molecular formula is C20H24N4O4. The minimum atomic E-state index is -0.815. The predicted octanol–water partition coefficient (Wildman–Crippen LogP) is 1.25. The van der Waals surface area contributed by atoms with Gasteiger partial charge in [0, 0.05) is 32.5 Å². The van der Waals surface area contributed by atoms with Crippen LogP contribution in [0, 0.1) is 5.92 Å². The van der Waals surface area contributed by atoms with Crippen molar-refractivity contribution in [2.45, 2.75) is 18.9 Å². The van der Waals surface area contributed by atoms with Gasteiger partial charge in [0.2, 0.25) is 5.91 Å². The number of rotatable bonds is 6. The number of piperidine rings is 1. The number of carboxylic acids is 1. The zero-order chi connectivity index (χ0) is 20.1. The zero-order valence-corrected chi connectivity index (χ0v) is 15.8. The van der Waals surface area contributed by atoms with Crippen LogP contribution in [-0.2, 0) is 14.4 Å². The molecule has 28 heavy (non-hydrogen) atoms. The van der Waals surface area contributed by atoms with E-state index < -0.39 is 17.9 Å². The molecule has 2 heterocycles. The van der Waals surface area contributed by atoms with Crippen molar-refractivity contribution in [1.82, 2.24) is 19.6 Å². The van der Waals surface area contributed by atoms with E-state index in [1.165, 1.54) is 4.90 Å². The Bertz CT molecular complexity index is 814. The number of likely N-dealkylation sites (tertiary alicyclic amines) is 1. The van der Waals surface area contributed by atoms with Gasteiger partial charge in [-0.15, -0.1) is 0 Å². The third-order valence-electron chi connectivity index (χ3n) is 5.08. The van der Waals surface area contributed by atoms with E-state index in [2.05, 4.69) is 5.10 Å². The van der Waals surface area contributed by atoms with Crippen molar-refractivity contribution in [3.63, 3.8) is 0 Å². The zero-order valence-electron chi connectivity index (χ0n) is 15.8. The summed E-state index contributed by atoms with van der Waals surface area (Å²) in [6.45, 7) is 0.749. The number of nitrogens with zero attached hydrogens (tertiary/aromatic N) is 4. The van der Waals surface area contributed by atoms with Crippen molar-refractivity contribution in [2.24, 2.45) is 5.92 Å². The molecule has 1 aliphatic heterocycles. The topological polar surface area (TPSA) is 95.7 Å². The lowest BCUT2D eigenvalue weighted by Crippen LogP contribution is -2.46. The molecule has 1 fully saturated rings. The second-order valence-corrected chi connectivity index (χ2v) is 6.99. The van der Waals surface area contributed by atoms with Gasteiger partial charge in [0.1, 0.15) is 0 Å². The van der Waals surface area contributed by atoms with E-state index in [0.29, 0.717) is 25.9 Å². The number of likely N-dealkylation sites (N-methyl/N-ethyl adjacent to an activating group) is 1. The molecular weight excluding hydrogens is 360 g/mol. The number of aliphatic carboxylic acids is 1. The normalized spacial score (nSPS) is 15.8. The molecule has 2 amide bonds. The average molecular weight is 384 g/mol. The van der Waals surface area contributed by atoms with Gasteiger partial charge < -0.3 is 14.9 Å². The largest absolute Gasteiger partial charge is 0.481 e. The van der Waals surface area contributed by atoms with E-state index in [-0.39, 0.29) is 18.4 Å². The van der Waals surface area contributed by atoms with Crippen molar-refractivity contribution in [3.8, 4) is 0 Å². The number of carbonyl (C=O) groups excluding carboxylic acids is 2. The number of carbonyl (C=O) groups is 3. The predicted molar refractivity (Wildman–Crippen MR) is 101 cm³/mol. The standard InChI is InChI=1S/C20H24N4O4/c1-22(14-17(25)23-12-8-16(9-13-23)20(27)28)19(26)18(24-11-5-10-21-24)15-6-3-2-4-7-15/h2-7,10-11,16,18H,8-9,12-14H2,1H3,(H,27,28). The van der Waals surface area contributed by atoms with Gasteiger partial charge in [0.15, 0.2) is 6.04 Å². The number of hydrogen-bond donors (Lipinski definition) is 1. The molecule has 0 aliphatic carbocycles. The van der Waals surface area contributed by atoms with Crippen LogP contribution in [0.2, 0.25) is 0 Å². The van der Waals surface area contributed by atoms with Crippen LogP contribution < -0.4 is 0 Å². The maximum absolute atomic E-state index is 13.1. The summed E-state index contributed by atoms with van der Waals surface area (Å²) in [5.41, 5.74) is 0.790. The Hall–Kier alpha value is -3.16. The van der Waals surface area contributed by atoms with Gasteiger partial charge in [-0.2, -0.15) is 5.10 Å². The van der Waals surface area contributed by atoms with E-state index in [4.69, 9.17) is 5.11 Å². The first-order valence-electron chi connectivity index (χ1n) is 9.27. The van der Waals surface area contributed by atoms with Gasteiger partial charge >= 0.3 is 5.97 Å². The van der Waals surface area contributed by atoms with Crippen LogP contribution >= 0.6 is 0 Å². The van der Waals surface area contributed by atoms with Crippen molar-refractivity contribution in [1.29, 1.82) is 0 Å². The lowest BCUT2D eigenvalue weighted by atomic mass is 9.97. The number of benzene rings is 1. The van der Waals surface area contributed by atoms with Crippen molar-refractivity contribution in [2.75, 3.05) is 26.7 Å². The molecule has 1 unspecified atom stereocenters. The molecule has 1 atom stereocenters. The summed E-state index contributed by atoms with van der Waals surface area (Å²) in [4.78, 5) is 39.8. The van der Waals surface area contributed by atoms with Crippen LogP contribution in [0.4, 0.5) is 0 Å². The molecule has 8 nitrogen and oxygen atoms in total. The van der Waals surface area contributed by atoms with Gasteiger partial charge in [-0.3, -0.25) is 19.1 Å². The summed E-state index contributed by atoms with van der Waals surface area (Å²) in [5, 5.41) is 13.3. The number of aromatic nitrogens is 2. The summed E-state index contributed by atoms with van der Waals surface area (Å²) < 4.78 is 1.58. The third kappa shape index (κ3) is 4.39. The fourth-order valence-corrected chi connectivity index (χ4v) is 3.44. The van der Waals surface area contributed by atoms with Crippen LogP contribution in [0.5, 0.6) is 0 Å². The second kappa shape index (κ2) is 8.69. The first-order valence-corrected chi connectivity index (χ1v) is 9.27. The molecule has 2 aromatic rings. The summed E-state index contributed by atoms with van der Waals surface area (Å²) in [6, 6.07) is 10.4. The van der Waals surface area contributed by atoms with E-state index >= 15 is 0 Å². The quantitative estimate of drug-likeness (QED) is 0.809. The Morgan fingerprint density at radius 1 is 1.18 bits per heavy atom. The van der Waals surface area contributed by atoms with Gasteiger partial charge in [-0.25, -0.2) is 0 Å². The monoisotopic (exact) mass is 384 g/mol. The SMILES string of the molecule is CN(CC(=O)N1CCC(C(=O)O)CC1)C(=O)C(c1ccccc1)n1cccn1. The second-order valence-electron chi connectivity index (χ2n) is 6.99. The molecule has 8 heteroatoms. The maximum Gasteiger partial charge on any atom is 0.306 e. The first-order chi connectivity index (χ1) is 13.5. The summed E-state index contributed by atoms with van der Waals surface area (Å²) in [5.74, 6) is -1.62. The highest BCUT2D eigenvalue weighted by atomic mass is 16.4. The highest BCUT2D eigenvalue weighted by Crippen LogP contribution is 2.21. The van der Waals surface area contributed by atoms with E-state index in [9.17, 15) is 14.4 Å². The highest BCUT2D eigenvalue weighted by Gasteiger charge is 2.30. The van der Waals surface area contributed by atoms with Crippen LogP contribution in [0.3, 0.4) is 0 Å². The maximum atomic E-state index is 13.1. The molecule has 1 aromatic carbocycles. The Morgan fingerprint density at radius 2 is 1.86 bits per heavy atom. The van der Waals surface area contributed by atoms with E-state index in [0.717, 1.165) is 5.56 Å². The molecule has 0 radical (unpaired) electrons. The molecule has 148 valence electrons. The van der Waals surface area contributed by atoms with E-state index in [1.54, 1.807) is 35.1 Å². The van der Waals surface area contributed by atoms with Crippen molar-refractivity contribution >= 4 is 17.8 Å². The summed E-state index contributed by atoms with van der Waals surface area (Å²) >= 11 is 0. The molecule has 0 spiro atoms. The van der Waals surface area contributed by atoms with Gasteiger partial charge in [-0.1, -0.05) is 30.3 Å². The molecule has 1 saturated heterocycles. The number of amides is 2. The minimum Gasteiger partial charge on any atom is -0.481 e. The summed E-state index contributed by atoms with van der Waals surface area (Å²) in [7, 11) is 1.60. The van der Waals surface area contributed by atoms with Crippen LogP contribution in [0.25, 0.3) is 0 Å². The van der Waals surface area contributed by atoms with Crippen LogP contribution in [0.15, 0.2) is 48.8 Å². The van der Waals surface area contributed by atoms with Gasteiger partial charge in [-0.05, 0) is 24.5 Å². The Labute approximate surface area is 163 Å². The Kier molecular flexibility index (Phi) is 6.08. The summed E-state index contributed by atoms with van der Waals surface area (Å²) in [6.07, 6.45) is 4.22. The molecule has 1 aromatic heterocycles. The van der Waals surface area contributed by atoms with Crippen molar-refractivity contribution in [3.05, 3.63) is 54.4 Å². The first kappa shape index (κ1) is 19.6. The minimum absolute atomic E-state index is 0.0544. The molecule has 0 saturated carbocycles. The van der Waals surface area contributed by atoms with Crippen LogP contribution in [-0.4, -0.2) is 69.2 Å². The number of carboxylic acid groups (broad SMARTS) is 1. The molecule has 3 rings (SSSR count). The lowest BCUT2D eigenvalue weighted by Gasteiger charge is -2.32. The van der Waals surface area contributed by atoms with Crippen molar-refractivity contribution < 1.29 is 19.5 Å². The average Bonchev–Trinajstić information content (AvgIpc) is 3.23. The fraction of sp³-hybridized carbons (Fsp3) is 0.400. The Balaban J connectivity index is 1.67. The highest BCUT2D eigenvalue weighted by molar-refractivity contribution is 5.88. The molecule has 1 N–H and O–H groups in total.